The predicted molar refractivity (Wildman–Crippen MR) is 225 cm³/mol. The van der Waals surface area contributed by atoms with Crippen molar-refractivity contribution in [2.24, 2.45) is 10.9 Å². The normalized spacial score (nSPS) is 18.3. The van der Waals surface area contributed by atoms with E-state index in [0.29, 0.717) is 69.0 Å². The molecule has 0 spiro atoms. The van der Waals surface area contributed by atoms with Gasteiger partial charge in [-0.15, -0.1) is 0 Å². The van der Waals surface area contributed by atoms with Crippen LogP contribution in [0.4, 0.5) is 5.69 Å². The van der Waals surface area contributed by atoms with Crippen molar-refractivity contribution in [2.45, 2.75) is 37.5 Å². The highest BCUT2D eigenvalue weighted by Crippen LogP contribution is 2.48. The minimum Gasteiger partial charge on any atom is -0.477 e. The highest BCUT2D eigenvalue weighted by molar-refractivity contribution is 7.78. The number of hydrogen-bond donors (Lipinski definition) is 4. The fourth-order valence-electron chi connectivity index (χ4n) is 7.86. The smallest absolute Gasteiger partial charge is 0.354 e. The number of carboxylic acids is 2. The lowest BCUT2D eigenvalue weighted by atomic mass is 9.80. The van der Waals surface area contributed by atoms with Crippen molar-refractivity contribution < 1.29 is 44.3 Å². The summed E-state index contributed by atoms with van der Waals surface area (Å²) >= 11 is 4.70. The summed E-state index contributed by atoms with van der Waals surface area (Å²) in [6.45, 7) is 3.75. The van der Waals surface area contributed by atoms with Crippen molar-refractivity contribution >= 4 is 40.8 Å². The molecule has 5 atom stereocenters. The molecule has 16 heteroatoms. The van der Waals surface area contributed by atoms with Gasteiger partial charge in [-0.05, 0) is 78.5 Å². The van der Waals surface area contributed by atoms with E-state index in [-0.39, 0.29) is 55.5 Å². The van der Waals surface area contributed by atoms with Crippen LogP contribution in [-0.2, 0) is 22.4 Å². The van der Waals surface area contributed by atoms with Gasteiger partial charge in [0.2, 0.25) is 0 Å². The fourth-order valence-corrected chi connectivity index (χ4v) is 7.96. The van der Waals surface area contributed by atoms with Crippen molar-refractivity contribution in [1.82, 2.24) is 24.7 Å². The number of nitrogens with zero attached hydrogens (tertiary/aromatic N) is 6. The number of ether oxygens (including phenoxy) is 2. The van der Waals surface area contributed by atoms with Crippen LogP contribution in [0.1, 0.15) is 66.3 Å². The molecule has 316 valence electrons. The van der Waals surface area contributed by atoms with Crippen molar-refractivity contribution in [3.05, 3.63) is 124 Å². The average molecular weight is 839 g/mol. The minimum absolute atomic E-state index is 0.0408. The van der Waals surface area contributed by atoms with Crippen molar-refractivity contribution in [3.63, 3.8) is 0 Å². The first-order chi connectivity index (χ1) is 29.2. The molecule has 2 aliphatic rings. The molecule has 2 fully saturated rings. The predicted octanol–water partition coefficient (Wildman–Crippen LogP) is 4.02. The number of benzene rings is 2. The molecule has 0 saturated carbocycles. The van der Waals surface area contributed by atoms with Crippen LogP contribution >= 0.6 is 12.2 Å². The molecule has 2 aromatic heterocycles. The Morgan fingerprint density at radius 1 is 0.817 bits per heavy atom. The summed E-state index contributed by atoms with van der Waals surface area (Å²) in [7, 11) is 0. The molecular weight excluding hydrogens is 789 g/mol. The summed E-state index contributed by atoms with van der Waals surface area (Å²) in [5, 5.41) is 41.0. The molecular formula is C44H50N6O9S. The highest BCUT2D eigenvalue weighted by Gasteiger charge is 2.61. The number of aromatic carboxylic acids is 2. The Labute approximate surface area is 353 Å². The van der Waals surface area contributed by atoms with Gasteiger partial charge < -0.3 is 29.9 Å². The Hall–Kier alpha value is -5.13. The molecule has 4 heterocycles. The number of aliphatic hydroxyl groups is 2. The Kier molecular flexibility index (Phi) is 16.2. The van der Waals surface area contributed by atoms with Gasteiger partial charge in [-0.25, -0.2) is 19.6 Å². The summed E-state index contributed by atoms with van der Waals surface area (Å²) in [6.07, 6.45) is 1.76. The molecule has 4 N–H and O–H groups in total. The molecule has 6 rings (SSSR count). The molecule has 0 aliphatic carbocycles. The molecule has 5 unspecified atom stereocenters. The maximum absolute atomic E-state index is 13.9. The van der Waals surface area contributed by atoms with E-state index in [2.05, 4.69) is 25.0 Å². The highest BCUT2D eigenvalue weighted by atomic mass is 32.1. The molecule has 15 nitrogen and oxygen atoms in total. The number of hydrogen-bond acceptors (Lipinski definition) is 14. The number of thiocarbonyl (C=S) groups is 1. The SMILES string of the molecule is O=C(O)c1cccc(CN(CCO)CCOCCOCCN(CCO)C(c2ccc(C(=O)C3C(CCc4ccc(N=C=S)cc4)C4CN43)cc2)c2cccc(C(=O)O)n2)n1. The number of aryl methyl sites for hydroxylation is 1. The topological polar surface area (TPSA) is 198 Å². The summed E-state index contributed by atoms with van der Waals surface area (Å²) in [4.78, 5) is 55.9. The second-order valence-electron chi connectivity index (χ2n) is 14.7. The van der Waals surface area contributed by atoms with Gasteiger partial charge in [0.1, 0.15) is 11.4 Å². The van der Waals surface area contributed by atoms with E-state index in [1.807, 2.05) is 58.3 Å². The number of carboxylic acid groups (broad SMARTS) is 2. The number of aliphatic hydroxyl groups excluding tert-OH is 2. The number of carbonyl (C=O) groups is 3. The van der Waals surface area contributed by atoms with Gasteiger partial charge in [0.05, 0.1) is 74.0 Å². The summed E-state index contributed by atoms with van der Waals surface area (Å²) < 4.78 is 11.7. The summed E-state index contributed by atoms with van der Waals surface area (Å²) in [5.74, 6) is -1.91. The zero-order valence-electron chi connectivity index (χ0n) is 33.2. The number of ketones is 1. The monoisotopic (exact) mass is 838 g/mol. The summed E-state index contributed by atoms with van der Waals surface area (Å²) in [5.41, 5.74) is 4.25. The van der Waals surface area contributed by atoms with Gasteiger partial charge in [0.25, 0.3) is 0 Å². The molecule has 2 aromatic carbocycles. The first kappa shape index (κ1) is 44.4. The number of fused-ring (bicyclic) bond motifs is 1. The van der Waals surface area contributed by atoms with Gasteiger partial charge in [0.15, 0.2) is 5.78 Å². The van der Waals surface area contributed by atoms with Gasteiger partial charge in [-0.1, -0.05) is 48.5 Å². The number of aliphatic imine (C=N–C) groups is 1. The third kappa shape index (κ3) is 11.8. The quantitative estimate of drug-likeness (QED) is 0.0233. The lowest BCUT2D eigenvalue weighted by Gasteiger charge is -2.36. The third-order valence-corrected chi connectivity index (χ3v) is 11.0. The number of Topliss-reactive ketones (excluding diaryl/α,β-unsaturated/α-hetero) is 1. The number of pyridine rings is 2. The lowest BCUT2D eigenvalue weighted by Crippen LogP contribution is -2.49. The molecule has 0 amide bonds. The van der Waals surface area contributed by atoms with Crippen LogP contribution in [0.25, 0.3) is 0 Å². The van der Waals surface area contributed by atoms with Crippen molar-refractivity contribution in [2.75, 3.05) is 72.4 Å². The molecule has 2 saturated heterocycles. The van der Waals surface area contributed by atoms with Gasteiger partial charge in [-0.3, -0.25) is 19.5 Å². The zero-order valence-corrected chi connectivity index (χ0v) is 34.0. The van der Waals surface area contributed by atoms with Crippen LogP contribution < -0.4 is 0 Å². The maximum atomic E-state index is 13.9. The van der Waals surface area contributed by atoms with Gasteiger partial charge >= 0.3 is 11.9 Å². The first-order valence-electron chi connectivity index (χ1n) is 20.0. The minimum atomic E-state index is -1.15. The van der Waals surface area contributed by atoms with Crippen LogP contribution in [0.3, 0.4) is 0 Å². The van der Waals surface area contributed by atoms with Crippen LogP contribution in [0, 0.1) is 5.92 Å². The number of aromatic nitrogens is 2. The largest absolute Gasteiger partial charge is 0.477 e. The van der Waals surface area contributed by atoms with E-state index >= 15 is 0 Å². The van der Waals surface area contributed by atoms with E-state index < -0.39 is 18.0 Å². The Morgan fingerprint density at radius 3 is 2.15 bits per heavy atom. The molecule has 0 bridgehead atoms. The zero-order chi connectivity index (χ0) is 42.4. The van der Waals surface area contributed by atoms with E-state index in [4.69, 9.17) is 21.7 Å². The molecule has 4 aromatic rings. The number of rotatable bonds is 26. The second-order valence-corrected chi connectivity index (χ2v) is 14.9. The second kappa shape index (κ2) is 21.9. The third-order valence-electron chi connectivity index (χ3n) is 10.9. The van der Waals surface area contributed by atoms with Gasteiger partial charge in [0, 0.05) is 50.9 Å². The summed E-state index contributed by atoms with van der Waals surface area (Å²) in [6, 6.07) is 24.7. The molecule has 2 aliphatic heterocycles. The van der Waals surface area contributed by atoms with E-state index in [1.165, 1.54) is 17.7 Å². The van der Waals surface area contributed by atoms with Crippen molar-refractivity contribution in [1.29, 1.82) is 0 Å². The van der Waals surface area contributed by atoms with Crippen LogP contribution in [-0.4, -0.2) is 152 Å². The molecule has 0 radical (unpaired) electrons. The first-order valence-corrected chi connectivity index (χ1v) is 20.4. The van der Waals surface area contributed by atoms with Gasteiger partial charge in [-0.2, -0.15) is 4.99 Å². The van der Waals surface area contributed by atoms with Crippen LogP contribution in [0.15, 0.2) is 89.9 Å². The van der Waals surface area contributed by atoms with E-state index in [0.717, 1.165) is 30.6 Å². The lowest BCUT2D eigenvalue weighted by molar-refractivity contribution is 0.0245. The maximum Gasteiger partial charge on any atom is 0.354 e. The number of isothiocyanates is 1. The average Bonchev–Trinajstić information content (AvgIpc) is 3.96. The Bertz CT molecular complexity index is 2120. The number of carbonyl (C=O) groups excluding carboxylic acids is 1. The van der Waals surface area contributed by atoms with E-state index in [1.54, 1.807) is 24.3 Å². The van der Waals surface area contributed by atoms with Crippen LogP contribution in [0.5, 0.6) is 0 Å². The Morgan fingerprint density at radius 2 is 1.48 bits per heavy atom. The van der Waals surface area contributed by atoms with Crippen LogP contribution in [0.2, 0.25) is 0 Å². The fraction of sp³-hybridized carbons (Fsp3) is 0.409. The van der Waals surface area contributed by atoms with Crippen molar-refractivity contribution in [3.8, 4) is 0 Å². The molecule has 60 heavy (non-hydrogen) atoms. The van der Waals surface area contributed by atoms with E-state index in [9.17, 15) is 34.8 Å². The standard InChI is InChI=1S/C44H50N6O9S/c51-21-17-48(27-34-3-1-5-37(46-34)43(54)55)19-23-58-25-26-59-24-20-49(18-22-52)40(36-4-2-6-38(47-36)44(56)57)31-10-12-32(13-11-31)42(53)41-35(39-28-50(39)41)16-9-30-7-14-33(15-8-30)45-29-60/h1-8,10-15,35,39-41,51-52H,9,16-28H2,(H,54,55)(H,56,57). The Balaban J connectivity index is 1.04.